The summed E-state index contributed by atoms with van der Waals surface area (Å²) in [6, 6.07) is 9.67. The Morgan fingerprint density at radius 3 is 2.69 bits per heavy atom. The molecule has 2 N–H and O–H groups in total. The van der Waals surface area contributed by atoms with E-state index in [1.165, 1.54) is 36.9 Å². The summed E-state index contributed by atoms with van der Waals surface area (Å²) in [5.74, 6) is 1.46. The number of nitrogens with zero attached hydrogens (tertiary/aromatic N) is 2. The molecule has 0 radical (unpaired) electrons. The van der Waals surface area contributed by atoms with E-state index >= 15 is 0 Å². The van der Waals surface area contributed by atoms with E-state index in [4.69, 9.17) is 14.5 Å². The Hall–Kier alpha value is -0.900. The first-order valence-corrected chi connectivity index (χ1v) is 12.2. The van der Waals surface area contributed by atoms with Gasteiger partial charge in [0.1, 0.15) is 0 Å². The molecular formula is C25H43IN4O2. The molecule has 182 valence electrons. The zero-order valence-corrected chi connectivity index (χ0v) is 22.3. The van der Waals surface area contributed by atoms with Crippen LogP contribution in [-0.4, -0.2) is 63.0 Å². The zero-order valence-electron chi connectivity index (χ0n) is 20.0. The lowest BCUT2D eigenvalue weighted by atomic mass is 10.0. The highest BCUT2D eigenvalue weighted by Crippen LogP contribution is 2.19. The highest BCUT2D eigenvalue weighted by Gasteiger charge is 2.18. The first-order chi connectivity index (χ1) is 15.2. The lowest BCUT2D eigenvalue weighted by Crippen LogP contribution is -2.38. The van der Waals surface area contributed by atoms with Crippen molar-refractivity contribution in [1.29, 1.82) is 0 Å². The molecule has 1 aromatic rings. The molecule has 6 nitrogen and oxygen atoms in total. The fourth-order valence-corrected chi connectivity index (χ4v) is 4.23. The van der Waals surface area contributed by atoms with Gasteiger partial charge in [-0.1, -0.05) is 30.7 Å². The lowest BCUT2D eigenvalue weighted by molar-refractivity contribution is 0.0888. The Labute approximate surface area is 211 Å². The fourth-order valence-electron chi connectivity index (χ4n) is 4.23. The molecule has 0 saturated carbocycles. The third-order valence-corrected chi connectivity index (χ3v) is 6.25. The summed E-state index contributed by atoms with van der Waals surface area (Å²) in [7, 11) is 0. The SMILES string of the molecule is CCNC(=NCc1ccc(CN2CCCCC2C)cc1)NCCCOCC1CCOC1.I. The van der Waals surface area contributed by atoms with Crippen LogP contribution < -0.4 is 10.6 Å². The first kappa shape index (κ1) is 27.3. The normalized spacial score (nSPS) is 21.9. The number of nitrogens with one attached hydrogen (secondary N) is 2. The number of hydrogen-bond acceptors (Lipinski definition) is 4. The monoisotopic (exact) mass is 558 g/mol. The zero-order chi connectivity index (χ0) is 21.7. The van der Waals surface area contributed by atoms with Gasteiger partial charge in [-0.2, -0.15) is 0 Å². The molecule has 7 heteroatoms. The van der Waals surface area contributed by atoms with Crippen LogP contribution in [0.5, 0.6) is 0 Å². The van der Waals surface area contributed by atoms with Gasteiger partial charge in [0.05, 0.1) is 19.8 Å². The van der Waals surface area contributed by atoms with Crippen molar-refractivity contribution in [2.45, 2.75) is 65.1 Å². The third kappa shape index (κ3) is 9.93. The van der Waals surface area contributed by atoms with Crippen molar-refractivity contribution in [3.8, 4) is 0 Å². The van der Waals surface area contributed by atoms with Crippen molar-refractivity contribution in [2.24, 2.45) is 10.9 Å². The van der Waals surface area contributed by atoms with Crippen LogP contribution >= 0.6 is 24.0 Å². The quantitative estimate of drug-likeness (QED) is 0.185. The largest absolute Gasteiger partial charge is 0.381 e. The van der Waals surface area contributed by atoms with Gasteiger partial charge < -0.3 is 20.1 Å². The number of likely N-dealkylation sites (tertiary alicyclic amines) is 1. The van der Waals surface area contributed by atoms with E-state index in [-0.39, 0.29) is 24.0 Å². The molecular weight excluding hydrogens is 515 g/mol. The second-order valence-electron chi connectivity index (χ2n) is 8.91. The van der Waals surface area contributed by atoms with Gasteiger partial charge in [0.15, 0.2) is 5.96 Å². The van der Waals surface area contributed by atoms with Crippen molar-refractivity contribution in [2.75, 3.05) is 46.1 Å². The minimum absolute atomic E-state index is 0. The molecule has 2 heterocycles. The minimum atomic E-state index is 0. The predicted octanol–water partition coefficient (Wildman–Crippen LogP) is 4.18. The molecule has 2 fully saturated rings. The smallest absolute Gasteiger partial charge is 0.191 e. The molecule has 3 rings (SSSR count). The van der Waals surface area contributed by atoms with Crippen LogP contribution in [0.1, 0.15) is 57.1 Å². The van der Waals surface area contributed by atoms with Gasteiger partial charge in [-0.3, -0.25) is 4.90 Å². The number of hydrogen-bond donors (Lipinski definition) is 2. The summed E-state index contributed by atoms with van der Waals surface area (Å²) in [4.78, 5) is 7.35. The molecule has 0 bridgehead atoms. The Morgan fingerprint density at radius 2 is 1.97 bits per heavy atom. The standard InChI is InChI=1S/C25H42N4O2.HI/c1-3-26-25(27-13-6-15-30-19-24-12-16-31-20-24)28-17-22-8-10-23(11-9-22)18-29-14-5-4-7-21(29)2;/h8-11,21,24H,3-7,12-20H2,1-2H3,(H2,26,27,28);1H. The van der Waals surface area contributed by atoms with E-state index < -0.39 is 0 Å². The molecule has 0 aliphatic carbocycles. The molecule has 2 aliphatic rings. The van der Waals surface area contributed by atoms with Gasteiger partial charge in [-0.15, -0.1) is 24.0 Å². The summed E-state index contributed by atoms with van der Waals surface area (Å²) in [6.45, 7) is 12.5. The van der Waals surface area contributed by atoms with E-state index in [0.29, 0.717) is 18.5 Å². The number of ether oxygens (including phenoxy) is 2. The summed E-state index contributed by atoms with van der Waals surface area (Å²) in [5.41, 5.74) is 2.64. The van der Waals surface area contributed by atoms with Crippen LogP contribution in [0.2, 0.25) is 0 Å². The predicted molar refractivity (Wildman–Crippen MR) is 143 cm³/mol. The van der Waals surface area contributed by atoms with Crippen LogP contribution in [0.15, 0.2) is 29.3 Å². The van der Waals surface area contributed by atoms with Crippen molar-refractivity contribution in [3.05, 3.63) is 35.4 Å². The number of aliphatic imine (C=N–C) groups is 1. The molecule has 2 saturated heterocycles. The van der Waals surface area contributed by atoms with Gasteiger partial charge in [-0.25, -0.2) is 4.99 Å². The van der Waals surface area contributed by atoms with E-state index in [1.807, 2.05) is 0 Å². The van der Waals surface area contributed by atoms with E-state index in [0.717, 1.165) is 64.9 Å². The van der Waals surface area contributed by atoms with Crippen LogP contribution in [0.4, 0.5) is 0 Å². The molecule has 0 spiro atoms. The maximum absolute atomic E-state index is 5.78. The summed E-state index contributed by atoms with van der Waals surface area (Å²) < 4.78 is 11.2. The Kier molecular flexibility index (Phi) is 13.5. The minimum Gasteiger partial charge on any atom is -0.381 e. The molecule has 2 aliphatic heterocycles. The highest BCUT2D eigenvalue weighted by atomic mass is 127. The number of piperidine rings is 1. The van der Waals surface area contributed by atoms with E-state index in [2.05, 4.69) is 53.6 Å². The molecule has 2 atom stereocenters. The summed E-state index contributed by atoms with van der Waals surface area (Å²) >= 11 is 0. The Morgan fingerprint density at radius 1 is 1.16 bits per heavy atom. The van der Waals surface area contributed by atoms with Gasteiger partial charge in [0.2, 0.25) is 0 Å². The van der Waals surface area contributed by atoms with Gasteiger partial charge in [0.25, 0.3) is 0 Å². The number of rotatable bonds is 11. The van der Waals surface area contributed by atoms with Gasteiger partial charge in [-0.05, 0) is 57.2 Å². The fraction of sp³-hybridized carbons (Fsp3) is 0.720. The lowest BCUT2D eigenvalue weighted by Gasteiger charge is -2.33. The maximum Gasteiger partial charge on any atom is 0.191 e. The first-order valence-electron chi connectivity index (χ1n) is 12.2. The molecule has 1 aromatic carbocycles. The van der Waals surface area contributed by atoms with Gasteiger partial charge in [0, 0.05) is 44.8 Å². The molecule has 2 unspecified atom stereocenters. The number of guanidine groups is 1. The van der Waals surface area contributed by atoms with Crippen LogP contribution in [0.25, 0.3) is 0 Å². The Balaban J connectivity index is 0.00000363. The van der Waals surface area contributed by atoms with E-state index in [9.17, 15) is 0 Å². The van der Waals surface area contributed by atoms with Crippen LogP contribution in [-0.2, 0) is 22.6 Å². The highest BCUT2D eigenvalue weighted by molar-refractivity contribution is 14.0. The summed E-state index contributed by atoms with van der Waals surface area (Å²) in [6.07, 6.45) is 6.14. The second-order valence-corrected chi connectivity index (χ2v) is 8.91. The van der Waals surface area contributed by atoms with Crippen molar-refractivity contribution >= 4 is 29.9 Å². The van der Waals surface area contributed by atoms with E-state index in [1.54, 1.807) is 0 Å². The van der Waals surface area contributed by atoms with Crippen LogP contribution in [0, 0.1) is 5.92 Å². The maximum atomic E-state index is 5.78. The summed E-state index contributed by atoms with van der Waals surface area (Å²) in [5, 5.41) is 6.75. The van der Waals surface area contributed by atoms with Crippen molar-refractivity contribution in [3.63, 3.8) is 0 Å². The Bertz CT molecular complexity index is 650. The van der Waals surface area contributed by atoms with Crippen molar-refractivity contribution in [1.82, 2.24) is 15.5 Å². The van der Waals surface area contributed by atoms with Gasteiger partial charge >= 0.3 is 0 Å². The second kappa shape index (κ2) is 15.9. The number of benzene rings is 1. The third-order valence-electron chi connectivity index (χ3n) is 6.25. The molecule has 0 amide bonds. The average molecular weight is 559 g/mol. The van der Waals surface area contributed by atoms with Crippen LogP contribution in [0.3, 0.4) is 0 Å². The van der Waals surface area contributed by atoms with Crippen molar-refractivity contribution < 1.29 is 9.47 Å². The average Bonchev–Trinajstić information content (AvgIpc) is 3.30. The topological polar surface area (TPSA) is 58.1 Å². The number of halogens is 1. The molecule has 0 aromatic heterocycles. The molecule has 32 heavy (non-hydrogen) atoms.